The molecule has 1 aliphatic carbocycles. The highest BCUT2D eigenvalue weighted by Crippen LogP contribution is 2.50. The molecule has 0 saturated carbocycles. The summed E-state index contributed by atoms with van der Waals surface area (Å²) in [7, 11) is 0. The molecule has 1 N–H and O–H groups in total. The van der Waals surface area contributed by atoms with Crippen LogP contribution in [0.4, 0.5) is 14.4 Å². The molecule has 3 amide bonds. The van der Waals surface area contributed by atoms with E-state index >= 15 is 0 Å². The fourth-order valence-electron chi connectivity index (χ4n) is 8.13. The van der Waals surface area contributed by atoms with Crippen LogP contribution in [-0.4, -0.2) is 118 Å². The van der Waals surface area contributed by atoms with E-state index in [-0.39, 0.29) is 68.4 Å². The number of allylic oxidation sites excluding steroid dienone is 1. The molecule has 0 unspecified atom stereocenters. The van der Waals surface area contributed by atoms with Gasteiger partial charge in [0.2, 0.25) is 11.6 Å². The average Bonchev–Trinajstić information content (AvgIpc) is 3.26. The average molecular weight is 1030 g/mol. The van der Waals surface area contributed by atoms with E-state index in [1.165, 1.54) is 16.7 Å². The van der Waals surface area contributed by atoms with Crippen molar-refractivity contribution in [2.24, 2.45) is 0 Å². The van der Waals surface area contributed by atoms with Crippen molar-refractivity contribution in [3.8, 4) is 17.2 Å². The number of nitrogens with zero attached hydrogens (tertiary/aromatic N) is 2. The van der Waals surface area contributed by atoms with Crippen molar-refractivity contribution in [3.63, 3.8) is 0 Å². The Hall–Kier alpha value is -6.98. The highest BCUT2D eigenvalue weighted by Gasteiger charge is 2.40. The third kappa shape index (κ3) is 16.3. The fraction of sp³-hybridized carbons (Fsp3) is 0.536. The van der Waals surface area contributed by atoms with Gasteiger partial charge in [0.05, 0.1) is 6.54 Å². The highest BCUT2D eigenvalue weighted by molar-refractivity contribution is 6.52. The number of ketones is 3. The predicted octanol–water partition coefficient (Wildman–Crippen LogP) is 9.87. The van der Waals surface area contributed by atoms with E-state index in [9.17, 15) is 38.4 Å². The van der Waals surface area contributed by atoms with Crippen LogP contribution in [0.1, 0.15) is 151 Å². The van der Waals surface area contributed by atoms with Crippen LogP contribution in [0.25, 0.3) is 16.5 Å². The lowest BCUT2D eigenvalue weighted by Crippen LogP contribution is -2.43. The Kier molecular flexibility index (Phi) is 18.0. The van der Waals surface area contributed by atoms with Crippen molar-refractivity contribution in [1.29, 1.82) is 0 Å². The summed E-state index contributed by atoms with van der Waals surface area (Å²) in [5.41, 5.74) is -0.925. The van der Waals surface area contributed by atoms with E-state index < -0.39 is 64.2 Å². The van der Waals surface area contributed by atoms with E-state index in [1.807, 2.05) is 52.0 Å². The minimum atomic E-state index is -0.897. The molecule has 0 spiro atoms. The van der Waals surface area contributed by atoms with Gasteiger partial charge in [0.15, 0.2) is 11.5 Å². The maximum absolute atomic E-state index is 13.6. The van der Waals surface area contributed by atoms with Crippen LogP contribution in [0.3, 0.4) is 0 Å². The van der Waals surface area contributed by atoms with Gasteiger partial charge in [-0.2, -0.15) is 0 Å². The van der Waals surface area contributed by atoms with E-state index in [0.717, 1.165) is 12.0 Å². The van der Waals surface area contributed by atoms with Crippen molar-refractivity contribution < 1.29 is 71.5 Å². The Labute approximate surface area is 433 Å². The monoisotopic (exact) mass is 1030 g/mol. The van der Waals surface area contributed by atoms with Crippen LogP contribution in [-0.2, 0) is 44.5 Å². The number of carbonyl (C=O) groups excluding carboxylic acids is 8. The lowest BCUT2D eigenvalue weighted by atomic mass is 9.82. The first-order valence-electron chi connectivity index (χ1n) is 24.9. The molecule has 0 fully saturated rings. The minimum absolute atomic E-state index is 0.0125. The molecule has 0 saturated heterocycles. The Balaban J connectivity index is 0.000000465. The second-order valence-corrected chi connectivity index (χ2v) is 22.7. The van der Waals surface area contributed by atoms with Gasteiger partial charge in [0, 0.05) is 59.1 Å². The lowest BCUT2D eigenvalue weighted by Gasteiger charge is -2.36. The lowest BCUT2D eigenvalue weighted by molar-refractivity contribution is -0.156. The highest BCUT2D eigenvalue weighted by atomic mass is 16.6. The smallest absolute Gasteiger partial charge is 0.412 e. The summed E-state index contributed by atoms with van der Waals surface area (Å²) < 4.78 is 40.5. The number of rotatable bonds is 13. The normalized spacial score (nSPS) is 15.5. The largest absolute Gasteiger partial charge is 0.487 e. The molecule has 0 atom stereocenters. The van der Waals surface area contributed by atoms with Gasteiger partial charge >= 0.3 is 30.2 Å². The standard InChI is InChI=1S/C41H59N3O12.C15H14O3/c1-26(45)24-44(37(50)56-40(8,9)10)23-21-42-35(48)52-33-28-17-14-13-16-27(28)32-29(19-20-41(11,12)54-32)34(33)51-30(46)18-15-22-43(36(49)55-39(5,6)7)25-31(47)53-38(2,3)4;1-15(2)8-7-11-13(17)12(16)9-5-3-4-6-10(9)14(11)18-15/h13-14,16-17H,15,18-25H2,1-12H3,(H,42,48);3-6H,7-8H2,1-2H3. The summed E-state index contributed by atoms with van der Waals surface area (Å²) in [5, 5.41) is 3.70. The molecule has 3 aromatic rings. The summed E-state index contributed by atoms with van der Waals surface area (Å²) in [6, 6.07) is 14.3. The summed E-state index contributed by atoms with van der Waals surface area (Å²) in [4.78, 5) is 104. The molecule has 18 heteroatoms. The topological polar surface area (TPSA) is 220 Å². The van der Waals surface area contributed by atoms with Crippen LogP contribution >= 0.6 is 0 Å². The first-order chi connectivity index (χ1) is 34.2. The number of carbonyl (C=O) groups is 8. The number of esters is 2. The number of Topliss-reactive ketones (excluding diaryl/α,β-unsaturated/α-hetero) is 3. The van der Waals surface area contributed by atoms with Crippen molar-refractivity contribution in [3.05, 3.63) is 70.8 Å². The predicted molar refractivity (Wildman–Crippen MR) is 275 cm³/mol. The zero-order valence-electron chi connectivity index (χ0n) is 45.4. The summed E-state index contributed by atoms with van der Waals surface area (Å²) >= 11 is 0. The number of benzene rings is 3. The number of ether oxygens (including phenoxy) is 7. The van der Waals surface area contributed by atoms with Crippen LogP contribution in [0.2, 0.25) is 0 Å². The molecule has 402 valence electrons. The summed E-state index contributed by atoms with van der Waals surface area (Å²) in [6.45, 7) is 23.9. The van der Waals surface area contributed by atoms with E-state index in [1.54, 1.807) is 86.6 Å². The third-order valence-electron chi connectivity index (χ3n) is 11.4. The summed E-state index contributed by atoms with van der Waals surface area (Å²) in [5.74, 6) is -1.29. The molecule has 18 nitrogen and oxygen atoms in total. The maximum Gasteiger partial charge on any atom is 0.412 e. The molecular formula is C56H73N3O15. The Bertz CT molecular complexity index is 2700. The van der Waals surface area contributed by atoms with Gasteiger partial charge < -0.3 is 38.5 Å². The van der Waals surface area contributed by atoms with E-state index in [2.05, 4.69) is 5.32 Å². The molecule has 0 radical (unpaired) electrons. The van der Waals surface area contributed by atoms with Crippen LogP contribution in [0.5, 0.6) is 17.2 Å². The molecule has 0 aromatic heterocycles. The van der Waals surface area contributed by atoms with Crippen LogP contribution in [0, 0.1) is 0 Å². The van der Waals surface area contributed by atoms with E-state index in [4.69, 9.17) is 33.2 Å². The molecule has 3 aromatic carbocycles. The quantitative estimate of drug-likeness (QED) is 0.0729. The number of nitrogens with one attached hydrogen (secondary N) is 1. The zero-order chi connectivity index (χ0) is 55.1. The van der Waals surface area contributed by atoms with Gasteiger partial charge in [-0.15, -0.1) is 0 Å². The van der Waals surface area contributed by atoms with Crippen molar-refractivity contribution in [2.75, 3.05) is 32.7 Å². The Morgan fingerprint density at radius 2 is 1.16 bits per heavy atom. The summed E-state index contributed by atoms with van der Waals surface area (Å²) in [6.07, 6.45) is -0.0423. The molecule has 6 rings (SSSR count). The number of hydrogen-bond donors (Lipinski definition) is 1. The Morgan fingerprint density at radius 1 is 0.622 bits per heavy atom. The maximum atomic E-state index is 13.6. The molecule has 2 aliphatic heterocycles. The van der Waals surface area contributed by atoms with Crippen molar-refractivity contribution >= 4 is 64.1 Å². The van der Waals surface area contributed by atoms with Crippen LogP contribution < -0.4 is 19.5 Å². The van der Waals surface area contributed by atoms with Gasteiger partial charge in [-0.25, -0.2) is 14.4 Å². The first-order valence-corrected chi connectivity index (χ1v) is 24.9. The zero-order valence-corrected chi connectivity index (χ0v) is 45.4. The second-order valence-electron chi connectivity index (χ2n) is 22.7. The third-order valence-corrected chi connectivity index (χ3v) is 11.4. The van der Waals surface area contributed by atoms with Gasteiger partial charge in [-0.05, 0) is 129 Å². The molecular weight excluding hydrogens is 955 g/mol. The SMILES string of the molecule is CC(=O)CN(CCNC(=O)Oc1c(OC(=O)CCCN(CC(=O)OC(C)(C)C)C(=O)OC(C)(C)C)c2c(c3ccccc13)OC(C)(C)CC2)C(=O)OC(C)(C)C.CC1(C)CCC2=C(O1)c1ccccc1C(=O)C2=O. The van der Waals surface area contributed by atoms with Crippen molar-refractivity contribution in [2.45, 2.75) is 163 Å². The second kappa shape index (κ2) is 23.1. The fourth-order valence-corrected chi connectivity index (χ4v) is 8.13. The first kappa shape index (κ1) is 57.9. The number of amides is 3. The molecule has 0 bridgehead atoms. The van der Waals surface area contributed by atoms with Crippen molar-refractivity contribution in [1.82, 2.24) is 15.1 Å². The minimum Gasteiger partial charge on any atom is -0.487 e. The van der Waals surface area contributed by atoms with E-state index in [0.29, 0.717) is 58.2 Å². The van der Waals surface area contributed by atoms with Gasteiger partial charge in [-0.1, -0.05) is 48.5 Å². The molecule has 3 aliphatic rings. The molecule has 2 heterocycles. The van der Waals surface area contributed by atoms with Gasteiger partial charge in [0.25, 0.3) is 0 Å². The van der Waals surface area contributed by atoms with Gasteiger partial charge in [0.1, 0.15) is 51.8 Å². The number of fused-ring (bicyclic) bond motifs is 5. The van der Waals surface area contributed by atoms with Gasteiger partial charge in [-0.3, -0.25) is 33.8 Å². The number of hydrogen-bond acceptors (Lipinski definition) is 15. The van der Waals surface area contributed by atoms with Crippen LogP contribution in [0.15, 0.2) is 54.1 Å². The Morgan fingerprint density at radius 3 is 1.76 bits per heavy atom. The molecule has 74 heavy (non-hydrogen) atoms.